The van der Waals surface area contributed by atoms with Gasteiger partial charge in [-0.15, -0.1) is 0 Å². The molecule has 2 heterocycles. The van der Waals surface area contributed by atoms with Gasteiger partial charge in [0.15, 0.2) is 5.69 Å². The first kappa shape index (κ1) is 20.2. The van der Waals surface area contributed by atoms with Crippen LogP contribution in [0.2, 0.25) is 0 Å². The molecule has 1 aromatic heterocycles. The molecule has 2 fully saturated rings. The molecule has 0 atom stereocenters. The third kappa shape index (κ3) is 4.26. The normalized spacial score (nSPS) is 19.2. The van der Waals surface area contributed by atoms with Crippen LogP contribution in [-0.4, -0.2) is 57.3 Å². The average molecular weight is 413 g/mol. The van der Waals surface area contributed by atoms with Gasteiger partial charge in [-0.25, -0.2) is 4.68 Å². The van der Waals surface area contributed by atoms with Crippen LogP contribution < -0.4 is 10.7 Å². The molecule has 1 aliphatic carbocycles. The molecule has 1 aliphatic heterocycles. The van der Waals surface area contributed by atoms with Crippen LogP contribution >= 0.6 is 11.8 Å². The van der Waals surface area contributed by atoms with Gasteiger partial charge in [0.25, 0.3) is 5.91 Å². The molecule has 0 radical (unpaired) electrons. The van der Waals surface area contributed by atoms with E-state index in [9.17, 15) is 9.59 Å². The molecular formula is C22H28N4O2S. The summed E-state index contributed by atoms with van der Waals surface area (Å²) in [5.74, 6) is 1.92. The van der Waals surface area contributed by atoms with Crippen molar-refractivity contribution in [1.29, 1.82) is 0 Å². The largest absolute Gasteiger partial charge is 0.349 e. The molecule has 6 nitrogen and oxygen atoms in total. The van der Waals surface area contributed by atoms with Gasteiger partial charge in [0.1, 0.15) is 0 Å². The van der Waals surface area contributed by atoms with Gasteiger partial charge in [-0.1, -0.05) is 31.0 Å². The van der Waals surface area contributed by atoms with Crippen molar-refractivity contribution in [2.24, 2.45) is 0 Å². The van der Waals surface area contributed by atoms with E-state index in [-0.39, 0.29) is 22.6 Å². The minimum absolute atomic E-state index is 0.0276. The molecule has 1 amide bonds. The van der Waals surface area contributed by atoms with Gasteiger partial charge in [-0.2, -0.15) is 16.9 Å². The molecule has 4 rings (SSSR count). The summed E-state index contributed by atoms with van der Waals surface area (Å²) in [6, 6.07) is 11.1. The second-order valence-electron chi connectivity index (χ2n) is 7.96. The summed E-state index contributed by atoms with van der Waals surface area (Å²) in [6.45, 7) is 4.55. The van der Waals surface area contributed by atoms with E-state index in [1.165, 1.54) is 18.9 Å². The highest BCUT2D eigenvalue weighted by atomic mass is 32.2. The number of para-hydroxylation sites is 1. The molecule has 29 heavy (non-hydrogen) atoms. The van der Waals surface area contributed by atoms with Crippen molar-refractivity contribution in [1.82, 2.24) is 20.0 Å². The van der Waals surface area contributed by atoms with Crippen molar-refractivity contribution in [2.45, 2.75) is 38.1 Å². The number of thioether (sulfide) groups is 1. The van der Waals surface area contributed by atoms with E-state index in [0.717, 1.165) is 43.1 Å². The summed E-state index contributed by atoms with van der Waals surface area (Å²) in [5.41, 5.74) is 1.19. The van der Waals surface area contributed by atoms with Gasteiger partial charge in [0, 0.05) is 48.4 Å². The van der Waals surface area contributed by atoms with Crippen molar-refractivity contribution in [2.75, 3.05) is 31.1 Å². The number of carbonyl (C=O) groups excluding carboxylic acids is 1. The number of nitrogens with one attached hydrogen (secondary N) is 1. The Morgan fingerprint density at radius 1 is 1.17 bits per heavy atom. The molecule has 1 N–H and O–H groups in total. The number of hydrogen-bond acceptors (Lipinski definition) is 5. The predicted molar refractivity (Wildman–Crippen MR) is 117 cm³/mol. The Hall–Kier alpha value is -2.12. The highest BCUT2D eigenvalue weighted by Crippen LogP contribution is 2.36. The Kier molecular flexibility index (Phi) is 6.06. The molecule has 1 aromatic carbocycles. The van der Waals surface area contributed by atoms with Crippen LogP contribution in [0.15, 0.2) is 41.2 Å². The summed E-state index contributed by atoms with van der Waals surface area (Å²) in [4.78, 5) is 28.0. The second kappa shape index (κ2) is 8.71. The van der Waals surface area contributed by atoms with Crippen molar-refractivity contribution < 1.29 is 4.79 Å². The lowest BCUT2D eigenvalue weighted by Crippen LogP contribution is -2.56. The first-order chi connectivity index (χ1) is 14.1. The number of hydrogen-bond donors (Lipinski definition) is 1. The maximum absolute atomic E-state index is 12.9. The van der Waals surface area contributed by atoms with Crippen molar-refractivity contribution in [3.8, 4) is 5.69 Å². The number of nitrogens with zero attached hydrogens (tertiary/aromatic N) is 3. The van der Waals surface area contributed by atoms with E-state index in [1.54, 1.807) is 4.68 Å². The summed E-state index contributed by atoms with van der Waals surface area (Å²) < 4.78 is 1.66. The van der Waals surface area contributed by atoms with Crippen LogP contribution in [0.5, 0.6) is 0 Å². The quantitative estimate of drug-likeness (QED) is 0.818. The monoisotopic (exact) mass is 412 g/mol. The Bertz CT molecular complexity index is 916. The molecule has 154 valence electrons. The van der Waals surface area contributed by atoms with Crippen LogP contribution in [-0.2, 0) is 0 Å². The smallest absolute Gasteiger partial charge is 0.275 e. The molecule has 1 saturated carbocycles. The standard InChI is InChI=1S/C22H28N4O2S/c1-17-15-19(27)20(24-26(17)18-7-3-2-4-8-18)21(28)23-16-22(9-5-6-10-22)25-11-13-29-14-12-25/h2-4,7-8,15H,5-6,9-14,16H2,1H3,(H,23,28). The van der Waals surface area contributed by atoms with Crippen LogP contribution in [0.1, 0.15) is 41.9 Å². The number of benzene rings is 1. The third-order valence-electron chi connectivity index (χ3n) is 6.12. The lowest BCUT2D eigenvalue weighted by Gasteiger charge is -2.43. The lowest BCUT2D eigenvalue weighted by atomic mass is 9.94. The molecule has 2 aromatic rings. The zero-order valence-corrected chi connectivity index (χ0v) is 17.7. The highest BCUT2D eigenvalue weighted by Gasteiger charge is 2.40. The number of aryl methyl sites for hydroxylation is 1. The zero-order valence-electron chi connectivity index (χ0n) is 16.9. The van der Waals surface area contributed by atoms with Gasteiger partial charge in [0.05, 0.1) is 5.69 Å². The first-order valence-electron chi connectivity index (χ1n) is 10.4. The minimum Gasteiger partial charge on any atom is -0.349 e. The fraction of sp³-hybridized carbons (Fsp3) is 0.500. The van der Waals surface area contributed by atoms with E-state index in [4.69, 9.17) is 0 Å². The molecule has 1 saturated heterocycles. The Morgan fingerprint density at radius 3 is 2.55 bits per heavy atom. The second-order valence-corrected chi connectivity index (χ2v) is 9.18. The molecule has 2 aliphatic rings. The van der Waals surface area contributed by atoms with Crippen LogP contribution in [0.25, 0.3) is 5.69 Å². The number of carbonyl (C=O) groups is 1. The van der Waals surface area contributed by atoms with Crippen LogP contribution in [0.3, 0.4) is 0 Å². The fourth-order valence-corrected chi connectivity index (χ4v) is 5.44. The van der Waals surface area contributed by atoms with Gasteiger partial charge in [0.2, 0.25) is 5.43 Å². The van der Waals surface area contributed by atoms with Crippen LogP contribution in [0, 0.1) is 6.92 Å². The number of aromatic nitrogens is 2. The van der Waals surface area contributed by atoms with E-state index < -0.39 is 0 Å². The number of rotatable bonds is 5. The SMILES string of the molecule is Cc1cc(=O)c(C(=O)NCC2(N3CCSCC3)CCCC2)nn1-c1ccccc1. The minimum atomic E-state index is -0.377. The van der Waals surface area contributed by atoms with E-state index in [0.29, 0.717) is 12.2 Å². The summed E-state index contributed by atoms with van der Waals surface area (Å²) >= 11 is 2.00. The molecule has 0 spiro atoms. The Morgan fingerprint density at radius 2 is 1.86 bits per heavy atom. The summed E-state index contributed by atoms with van der Waals surface area (Å²) in [6.07, 6.45) is 4.60. The molecule has 0 bridgehead atoms. The average Bonchev–Trinajstić information content (AvgIpc) is 3.24. The molecular weight excluding hydrogens is 384 g/mol. The predicted octanol–water partition coefficient (Wildman–Crippen LogP) is 2.63. The topological polar surface area (TPSA) is 67.2 Å². The van der Waals surface area contributed by atoms with Gasteiger partial charge in [-0.05, 0) is 31.9 Å². The van der Waals surface area contributed by atoms with Crippen molar-refractivity contribution in [3.05, 3.63) is 58.0 Å². The fourth-order valence-electron chi connectivity index (χ4n) is 4.54. The van der Waals surface area contributed by atoms with Gasteiger partial charge < -0.3 is 5.32 Å². The van der Waals surface area contributed by atoms with E-state index >= 15 is 0 Å². The van der Waals surface area contributed by atoms with E-state index in [2.05, 4.69) is 15.3 Å². The Labute approximate surface area is 175 Å². The van der Waals surface area contributed by atoms with Gasteiger partial charge in [-0.3, -0.25) is 14.5 Å². The van der Waals surface area contributed by atoms with E-state index in [1.807, 2.05) is 49.0 Å². The summed E-state index contributed by atoms with van der Waals surface area (Å²) in [5, 5.41) is 7.45. The van der Waals surface area contributed by atoms with Crippen molar-refractivity contribution >= 4 is 17.7 Å². The third-order valence-corrected chi connectivity index (χ3v) is 7.06. The summed E-state index contributed by atoms with van der Waals surface area (Å²) in [7, 11) is 0. The van der Waals surface area contributed by atoms with Crippen molar-refractivity contribution in [3.63, 3.8) is 0 Å². The Balaban J connectivity index is 1.54. The first-order valence-corrected chi connectivity index (χ1v) is 11.5. The maximum Gasteiger partial charge on any atom is 0.275 e. The molecule has 7 heteroatoms. The van der Waals surface area contributed by atoms with Gasteiger partial charge >= 0.3 is 0 Å². The zero-order chi connectivity index (χ0) is 20.3. The number of amides is 1. The van der Waals surface area contributed by atoms with Crippen LogP contribution in [0.4, 0.5) is 0 Å². The molecule has 0 unspecified atom stereocenters. The lowest BCUT2D eigenvalue weighted by molar-refractivity contribution is 0.0811. The highest BCUT2D eigenvalue weighted by molar-refractivity contribution is 7.99. The maximum atomic E-state index is 12.9.